The zero-order chi connectivity index (χ0) is 22.9. The quantitative estimate of drug-likeness (QED) is 0.413. The molecule has 0 bridgehead atoms. The number of amides is 1. The first-order valence-electron chi connectivity index (χ1n) is 10.1. The van der Waals surface area contributed by atoms with Crippen molar-refractivity contribution in [3.05, 3.63) is 104 Å². The highest BCUT2D eigenvalue weighted by molar-refractivity contribution is 7.22. The lowest BCUT2D eigenvalue weighted by Gasteiger charge is -2.14. The minimum atomic E-state index is -0.571. The number of nitrogens with zero attached hydrogens (tertiary/aromatic N) is 3. The molecule has 5 aromatic rings. The maximum Gasteiger partial charge on any atom is 0.332 e. The standard InChI is InChI=1S/C24H17ClN4O3S/c25-16-7-5-6-15(12-16)13-29-22(31)17-8-1-3-10-19(17)28(24(29)32)14-21(30)27-23-26-18-9-2-4-11-20(18)33-23/h1-12H,13-14H2,(H,26,27,30). The van der Waals surface area contributed by atoms with Gasteiger partial charge in [-0.3, -0.25) is 18.7 Å². The van der Waals surface area contributed by atoms with Gasteiger partial charge in [0.25, 0.3) is 5.56 Å². The molecule has 1 amide bonds. The molecule has 2 heterocycles. The van der Waals surface area contributed by atoms with E-state index in [-0.39, 0.29) is 13.1 Å². The number of para-hydroxylation sites is 2. The number of nitrogens with one attached hydrogen (secondary N) is 1. The molecule has 1 N–H and O–H groups in total. The molecule has 0 spiro atoms. The van der Waals surface area contributed by atoms with Crippen LogP contribution in [0.15, 0.2) is 82.4 Å². The second kappa shape index (κ2) is 8.65. The van der Waals surface area contributed by atoms with Gasteiger partial charge in [-0.1, -0.05) is 59.3 Å². The van der Waals surface area contributed by atoms with Crippen LogP contribution in [0.3, 0.4) is 0 Å². The molecule has 0 aliphatic heterocycles. The third-order valence-corrected chi connectivity index (χ3v) is 6.39. The maximum atomic E-state index is 13.3. The third-order valence-electron chi connectivity index (χ3n) is 5.20. The van der Waals surface area contributed by atoms with Crippen LogP contribution in [0.4, 0.5) is 5.13 Å². The Morgan fingerprint density at radius 3 is 2.58 bits per heavy atom. The smallest absolute Gasteiger partial charge is 0.300 e. The number of aromatic nitrogens is 3. The van der Waals surface area contributed by atoms with Crippen LogP contribution in [-0.4, -0.2) is 20.0 Å². The van der Waals surface area contributed by atoms with Crippen LogP contribution in [0.5, 0.6) is 0 Å². The van der Waals surface area contributed by atoms with Gasteiger partial charge in [0, 0.05) is 5.02 Å². The Balaban J connectivity index is 1.53. The molecule has 33 heavy (non-hydrogen) atoms. The van der Waals surface area contributed by atoms with E-state index < -0.39 is 17.2 Å². The van der Waals surface area contributed by atoms with Crippen molar-refractivity contribution in [2.75, 3.05) is 5.32 Å². The first kappa shape index (κ1) is 21.1. The number of fused-ring (bicyclic) bond motifs is 2. The lowest BCUT2D eigenvalue weighted by Crippen LogP contribution is -2.42. The molecule has 7 nitrogen and oxygen atoms in total. The fraction of sp³-hybridized carbons (Fsp3) is 0.0833. The molecule has 0 fully saturated rings. The minimum absolute atomic E-state index is 0.0442. The summed E-state index contributed by atoms with van der Waals surface area (Å²) in [5, 5.41) is 4.08. The van der Waals surface area contributed by atoms with Crippen molar-refractivity contribution in [1.29, 1.82) is 0 Å². The Morgan fingerprint density at radius 2 is 1.76 bits per heavy atom. The number of hydrogen-bond acceptors (Lipinski definition) is 5. The van der Waals surface area contributed by atoms with Crippen LogP contribution >= 0.6 is 22.9 Å². The summed E-state index contributed by atoms with van der Waals surface area (Å²) in [7, 11) is 0. The van der Waals surface area contributed by atoms with Crippen molar-refractivity contribution < 1.29 is 4.79 Å². The van der Waals surface area contributed by atoms with E-state index in [9.17, 15) is 14.4 Å². The molecule has 9 heteroatoms. The van der Waals surface area contributed by atoms with Crippen molar-refractivity contribution in [1.82, 2.24) is 14.1 Å². The lowest BCUT2D eigenvalue weighted by atomic mass is 10.2. The number of carbonyl (C=O) groups excluding carboxylic acids is 1. The third kappa shape index (κ3) is 4.18. The van der Waals surface area contributed by atoms with Gasteiger partial charge in [0.2, 0.25) is 5.91 Å². The number of benzene rings is 3. The fourth-order valence-corrected chi connectivity index (χ4v) is 4.80. The predicted octanol–water partition coefficient (Wildman–Crippen LogP) is 4.11. The summed E-state index contributed by atoms with van der Waals surface area (Å²) < 4.78 is 3.38. The number of rotatable bonds is 5. The average Bonchev–Trinajstić information content (AvgIpc) is 3.22. The molecule has 164 valence electrons. The zero-order valence-corrected chi connectivity index (χ0v) is 18.8. The number of carbonyl (C=O) groups is 1. The average molecular weight is 477 g/mol. The summed E-state index contributed by atoms with van der Waals surface area (Å²) in [6.07, 6.45) is 0. The maximum absolute atomic E-state index is 13.3. The Morgan fingerprint density at radius 1 is 0.970 bits per heavy atom. The van der Waals surface area contributed by atoms with Crippen molar-refractivity contribution in [3.8, 4) is 0 Å². The summed E-state index contributed by atoms with van der Waals surface area (Å²) in [5.74, 6) is -0.408. The topological polar surface area (TPSA) is 86.0 Å². The summed E-state index contributed by atoms with van der Waals surface area (Å²) in [5.41, 5.74) is 0.906. The van der Waals surface area contributed by atoms with Crippen LogP contribution in [-0.2, 0) is 17.9 Å². The summed E-state index contributed by atoms with van der Waals surface area (Å²) in [4.78, 5) is 43.6. The van der Waals surface area contributed by atoms with E-state index in [1.54, 1.807) is 48.5 Å². The Labute approximate surface area is 196 Å². The van der Waals surface area contributed by atoms with Crippen LogP contribution in [0.1, 0.15) is 5.56 Å². The molecule has 0 radical (unpaired) electrons. The normalized spacial score (nSPS) is 11.2. The molecule has 2 aromatic heterocycles. The first-order valence-corrected chi connectivity index (χ1v) is 11.3. The Hall–Kier alpha value is -3.75. The van der Waals surface area contributed by atoms with E-state index in [4.69, 9.17) is 11.6 Å². The molecule has 0 saturated heterocycles. The van der Waals surface area contributed by atoms with E-state index >= 15 is 0 Å². The molecule has 0 atom stereocenters. The van der Waals surface area contributed by atoms with Crippen LogP contribution < -0.4 is 16.6 Å². The molecule has 0 aliphatic rings. The second-order valence-electron chi connectivity index (χ2n) is 7.44. The summed E-state index contributed by atoms with van der Waals surface area (Å²) >= 11 is 7.42. The molecular formula is C24H17ClN4O3S. The van der Waals surface area contributed by atoms with Crippen molar-refractivity contribution in [2.45, 2.75) is 13.1 Å². The lowest BCUT2D eigenvalue weighted by molar-refractivity contribution is -0.116. The minimum Gasteiger partial charge on any atom is -0.300 e. The summed E-state index contributed by atoms with van der Waals surface area (Å²) in [6, 6.07) is 21.3. The Bertz CT molecular complexity index is 1600. The van der Waals surface area contributed by atoms with Gasteiger partial charge in [-0.05, 0) is 42.0 Å². The molecule has 5 rings (SSSR count). The highest BCUT2D eigenvalue weighted by Gasteiger charge is 2.16. The van der Waals surface area contributed by atoms with Gasteiger partial charge < -0.3 is 5.32 Å². The van der Waals surface area contributed by atoms with Gasteiger partial charge in [0.1, 0.15) is 6.54 Å². The number of hydrogen-bond donors (Lipinski definition) is 1. The molecule has 0 saturated carbocycles. The Kier molecular flexibility index (Phi) is 5.53. The van der Waals surface area contributed by atoms with Gasteiger partial charge in [0.05, 0.1) is 27.7 Å². The molecular weight excluding hydrogens is 460 g/mol. The summed E-state index contributed by atoms with van der Waals surface area (Å²) in [6.45, 7) is -0.215. The molecule has 0 aliphatic carbocycles. The van der Waals surface area contributed by atoms with Gasteiger partial charge in [-0.15, -0.1) is 0 Å². The fourth-order valence-electron chi connectivity index (χ4n) is 3.71. The van der Waals surface area contributed by atoms with E-state index in [0.717, 1.165) is 14.8 Å². The number of halogens is 1. The number of thiazole rings is 1. The van der Waals surface area contributed by atoms with Gasteiger partial charge in [-0.2, -0.15) is 0 Å². The van der Waals surface area contributed by atoms with Gasteiger partial charge in [0.15, 0.2) is 5.13 Å². The zero-order valence-electron chi connectivity index (χ0n) is 17.2. The number of anilines is 1. The predicted molar refractivity (Wildman–Crippen MR) is 131 cm³/mol. The van der Waals surface area contributed by atoms with Crippen molar-refractivity contribution in [3.63, 3.8) is 0 Å². The van der Waals surface area contributed by atoms with Crippen molar-refractivity contribution >= 4 is 55.1 Å². The van der Waals surface area contributed by atoms with Gasteiger partial charge in [-0.25, -0.2) is 9.78 Å². The highest BCUT2D eigenvalue weighted by atomic mass is 35.5. The van der Waals surface area contributed by atoms with E-state index in [1.807, 2.05) is 24.3 Å². The highest BCUT2D eigenvalue weighted by Crippen LogP contribution is 2.25. The van der Waals surface area contributed by atoms with Crippen LogP contribution in [0, 0.1) is 0 Å². The van der Waals surface area contributed by atoms with Crippen molar-refractivity contribution in [2.24, 2.45) is 0 Å². The first-order chi connectivity index (χ1) is 16.0. The van der Waals surface area contributed by atoms with E-state index in [1.165, 1.54) is 15.9 Å². The SMILES string of the molecule is O=C(Cn1c(=O)n(Cc2cccc(Cl)c2)c(=O)c2ccccc21)Nc1nc2ccccc2s1. The van der Waals surface area contributed by atoms with Gasteiger partial charge >= 0.3 is 5.69 Å². The largest absolute Gasteiger partial charge is 0.332 e. The second-order valence-corrected chi connectivity index (χ2v) is 8.91. The van der Waals surface area contributed by atoms with Crippen LogP contribution in [0.25, 0.3) is 21.1 Å². The molecule has 3 aromatic carbocycles. The molecule has 0 unspecified atom stereocenters. The van der Waals surface area contributed by atoms with E-state index in [2.05, 4.69) is 10.3 Å². The monoisotopic (exact) mass is 476 g/mol. The van der Waals surface area contributed by atoms with Crippen LogP contribution in [0.2, 0.25) is 5.02 Å². The van der Waals surface area contributed by atoms with E-state index in [0.29, 0.717) is 26.6 Å².